The second kappa shape index (κ2) is 8.78. The van der Waals surface area contributed by atoms with Gasteiger partial charge in [-0.25, -0.2) is 13.4 Å². The van der Waals surface area contributed by atoms with Gasteiger partial charge in [-0.05, 0) is 42.8 Å². The lowest BCUT2D eigenvalue weighted by Crippen LogP contribution is -2.35. The SMILES string of the molecule is Cc1ccc(S(=O)(=O)CC(=O)N(Cc2ccccc2)c2nc3ccc(Cl)cc3s2)cc1. The molecule has 0 aliphatic carbocycles. The van der Waals surface area contributed by atoms with Crippen LogP contribution in [0.3, 0.4) is 0 Å². The average Bonchev–Trinajstić information content (AvgIpc) is 3.15. The van der Waals surface area contributed by atoms with E-state index in [2.05, 4.69) is 4.98 Å². The van der Waals surface area contributed by atoms with E-state index in [1.54, 1.807) is 30.3 Å². The molecule has 5 nitrogen and oxygen atoms in total. The molecule has 4 rings (SSSR count). The molecule has 0 fully saturated rings. The van der Waals surface area contributed by atoms with Crippen LogP contribution in [0.2, 0.25) is 5.02 Å². The molecule has 0 radical (unpaired) electrons. The monoisotopic (exact) mass is 470 g/mol. The fourth-order valence-corrected chi connectivity index (χ4v) is 5.56. The Morgan fingerprint density at radius 3 is 2.45 bits per heavy atom. The van der Waals surface area contributed by atoms with E-state index in [-0.39, 0.29) is 11.4 Å². The molecule has 158 valence electrons. The van der Waals surface area contributed by atoms with E-state index in [9.17, 15) is 13.2 Å². The van der Waals surface area contributed by atoms with E-state index in [1.165, 1.54) is 28.4 Å². The van der Waals surface area contributed by atoms with Crippen molar-refractivity contribution in [1.82, 2.24) is 4.98 Å². The van der Waals surface area contributed by atoms with Gasteiger partial charge in [-0.1, -0.05) is 71.0 Å². The smallest absolute Gasteiger partial charge is 0.244 e. The molecule has 0 aliphatic rings. The van der Waals surface area contributed by atoms with E-state index in [4.69, 9.17) is 11.6 Å². The standard InChI is InChI=1S/C23H19ClN2O3S2/c1-16-7-10-19(11-8-16)31(28,29)15-22(27)26(14-17-5-3-2-4-6-17)23-25-20-12-9-18(24)13-21(20)30-23/h2-13H,14-15H2,1H3. The number of thiazole rings is 1. The quantitative estimate of drug-likeness (QED) is 0.385. The lowest BCUT2D eigenvalue weighted by molar-refractivity contribution is -0.116. The Balaban J connectivity index is 1.69. The maximum Gasteiger partial charge on any atom is 0.244 e. The minimum absolute atomic E-state index is 0.127. The van der Waals surface area contributed by atoms with Crippen molar-refractivity contribution in [2.75, 3.05) is 10.7 Å². The molecule has 4 aromatic rings. The number of hydrogen-bond acceptors (Lipinski definition) is 5. The van der Waals surface area contributed by atoms with Crippen LogP contribution in [0, 0.1) is 6.92 Å². The Labute approximate surface area is 189 Å². The summed E-state index contributed by atoms with van der Waals surface area (Å²) in [5.41, 5.74) is 2.53. The third-order valence-corrected chi connectivity index (χ3v) is 7.64. The molecule has 0 spiro atoms. The van der Waals surface area contributed by atoms with Crippen molar-refractivity contribution < 1.29 is 13.2 Å². The van der Waals surface area contributed by atoms with Gasteiger partial charge in [0.1, 0.15) is 5.75 Å². The molecule has 1 heterocycles. The van der Waals surface area contributed by atoms with Gasteiger partial charge >= 0.3 is 0 Å². The first-order valence-corrected chi connectivity index (χ1v) is 12.4. The third-order valence-electron chi connectivity index (χ3n) is 4.75. The summed E-state index contributed by atoms with van der Waals surface area (Å²) >= 11 is 7.39. The van der Waals surface area contributed by atoms with Gasteiger partial charge in [0.05, 0.1) is 21.7 Å². The van der Waals surface area contributed by atoms with Crippen molar-refractivity contribution in [3.8, 4) is 0 Å². The van der Waals surface area contributed by atoms with Crippen LogP contribution in [0.4, 0.5) is 5.13 Å². The van der Waals surface area contributed by atoms with Crippen LogP contribution >= 0.6 is 22.9 Å². The summed E-state index contributed by atoms with van der Waals surface area (Å²) < 4.78 is 26.6. The lowest BCUT2D eigenvalue weighted by Gasteiger charge is -2.20. The molecule has 0 bridgehead atoms. The molecule has 8 heteroatoms. The van der Waals surface area contributed by atoms with Gasteiger partial charge in [0.15, 0.2) is 15.0 Å². The Bertz CT molecular complexity index is 1330. The van der Waals surface area contributed by atoms with Crippen LogP contribution in [0.5, 0.6) is 0 Å². The molecule has 1 amide bonds. The Morgan fingerprint density at radius 1 is 1.03 bits per heavy atom. The zero-order chi connectivity index (χ0) is 22.0. The summed E-state index contributed by atoms with van der Waals surface area (Å²) in [6, 6.07) is 21.2. The zero-order valence-corrected chi connectivity index (χ0v) is 19.0. The number of benzene rings is 3. The summed E-state index contributed by atoms with van der Waals surface area (Å²) in [6.07, 6.45) is 0. The van der Waals surface area contributed by atoms with Gasteiger partial charge in [-0.15, -0.1) is 0 Å². The van der Waals surface area contributed by atoms with Gasteiger partial charge in [-0.3, -0.25) is 9.69 Å². The fraction of sp³-hybridized carbons (Fsp3) is 0.130. The minimum Gasteiger partial charge on any atom is -0.283 e. The van der Waals surface area contributed by atoms with Crippen molar-refractivity contribution in [3.63, 3.8) is 0 Å². The van der Waals surface area contributed by atoms with Crippen LogP contribution in [0.15, 0.2) is 77.7 Å². The maximum absolute atomic E-state index is 13.2. The number of hydrogen-bond donors (Lipinski definition) is 0. The largest absolute Gasteiger partial charge is 0.283 e. The van der Waals surface area contributed by atoms with Crippen molar-refractivity contribution in [3.05, 3.63) is 88.9 Å². The number of anilines is 1. The molecule has 0 aliphatic heterocycles. The molecule has 1 aromatic heterocycles. The normalized spacial score (nSPS) is 11.5. The number of carbonyl (C=O) groups is 1. The number of aryl methyl sites for hydroxylation is 1. The van der Waals surface area contributed by atoms with Crippen molar-refractivity contribution in [1.29, 1.82) is 0 Å². The van der Waals surface area contributed by atoms with Crippen LogP contribution in [0.25, 0.3) is 10.2 Å². The van der Waals surface area contributed by atoms with Crippen LogP contribution < -0.4 is 4.90 Å². The van der Waals surface area contributed by atoms with Gasteiger partial charge in [0, 0.05) is 5.02 Å². The molecule has 3 aromatic carbocycles. The molecule has 0 saturated carbocycles. The van der Waals surface area contributed by atoms with Crippen molar-refractivity contribution in [2.45, 2.75) is 18.4 Å². The van der Waals surface area contributed by atoms with Crippen LogP contribution in [-0.4, -0.2) is 25.1 Å². The average molecular weight is 471 g/mol. The van der Waals surface area contributed by atoms with Crippen molar-refractivity contribution >= 4 is 54.0 Å². The lowest BCUT2D eigenvalue weighted by atomic mass is 10.2. The summed E-state index contributed by atoms with van der Waals surface area (Å²) in [6.45, 7) is 2.10. The molecule has 0 N–H and O–H groups in total. The number of carbonyl (C=O) groups excluding carboxylic acids is 1. The van der Waals surface area contributed by atoms with E-state index >= 15 is 0 Å². The van der Waals surface area contributed by atoms with Gasteiger partial charge in [0.2, 0.25) is 5.91 Å². The molecule has 0 saturated heterocycles. The maximum atomic E-state index is 13.2. The van der Waals surface area contributed by atoms with E-state index in [0.29, 0.717) is 15.7 Å². The predicted octanol–water partition coefficient (Wildman–Crippen LogP) is 5.27. The summed E-state index contributed by atoms with van der Waals surface area (Å²) in [5, 5.41) is 1.01. The molecular weight excluding hydrogens is 452 g/mol. The highest BCUT2D eigenvalue weighted by atomic mass is 35.5. The van der Waals surface area contributed by atoms with E-state index < -0.39 is 21.5 Å². The first kappa shape index (κ1) is 21.5. The number of fused-ring (bicyclic) bond motifs is 1. The second-order valence-corrected chi connectivity index (χ2v) is 10.6. The highest BCUT2D eigenvalue weighted by Crippen LogP contribution is 2.32. The number of rotatable bonds is 6. The highest BCUT2D eigenvalue weighted by molar-refractivity contribution is 7.92. The zero-order valence-electron chi connectivity index (χ0n) is 16.7. The van der Waals surface area contributed by atoms with Crippen molar-refractivity contribution in [2.24, 2.45) is 0 Å². The Hall–Kier alpha value is -2.74. The van der Waals surface area contributed by atoms with E-state index in [0.717, 1.165) is 15.8 Å². The molecule has 31 heavy (non-hydrogen) atoms. The number of halogens is 1. The summed E-state index contributed by atoms with van der Waals surface area (Å²) in [4.78, 5) is 19.3. The second-order valence-electron chi connectivity index (χ2n) is 7.15. The Morgan fingerprint density at radius 2 is 1.74 bits per heavy atom. The van der Waals surface area contributed by atoms with Gasteiger partial charge < -0.3 is 0 Å². The van der Waals surface area contributed by atoms with E-state index in [1.807, 2.05) is 37.3 Å². The summed E-state index contributed by atoms with van der Waals surface area (Å²) in [7, 11) is -3.79. The Kier molecular flexibility index (Phi) is 6.09. The third kappa shape index (κ3) is 4.95. The molecule has 0 atom stereocenters. The minimum atomic E-state index is -3.79. The number of sulfone groups is 1. The first-order valence-electron chi connectivity index (χ1n) is 9.52. The predicted molar refractivity (Wildman–Crippen MR) is 125 cm³/mol. The number of aromatic nitrogens is 1. The summed E-state index contributed by atoms with van der Waals surface area (Å²) in [5.74, 6) is -1.17. The molecule has 0 unspecified atom stereocenters. The highest BCUT2D eigenvalue weighted by Gasteiger charge is 2.27. The fourth-order valence-electron chi connectivity index (χ4n) is 3.10. The topological polar surface area (TPSA) is 67.3 Å². The van der Waals surface area contributed by atoms with Crippen LogP contribution in [0.1, 0.15) is 11.1 Å². The first-order chi connectivity index (χ1) is 14.8. The number of amides is 1. The molecular formula is C23H19ClN2O3S2. The van der Waals surface area contributed by atoms with Crippen LogP contribution in [-0.2, 0) is 21.2 Å². The number of nitrogens with zero attached hydrogens (tertiary/aromatic N) is 2. The van der Waals surface area contributed by atoms with Gasteiger partial charge in [-0.2, -0.15) is 0 Å². The van der Waals surface area contributed by atoms with Gasteiger partial charge in [0.25, 0.3) is 0 Å².